The van der Waals surface area contributed by atoms with Crippen molar-refractivity contribution in [3.8, 4) is 5.75 Å². The van der Waals surface area contributed by atoms with Gasteiger partial charge < -0.3 is 4.74 Å². The Bertz CT molecular complexity index is 584. The third-order valence-electron chi connectivity index (χ3n) is 2.36. The predicted molar refractivity (Wildman–Crippen MR) is 74.5 cm³/mol. The van der Waals surface area contributed by atoms with Crippen molar-refractivity contribution >= 4 is 22.4 Å². The number of aromatic nitrogens is 2. The van der Waals surface area contributed by atoms with Gasteiger partial charge in [-0.1, -0.05) is 25.2 Å². The topological polar surface area (TPSA) is 64.1 Å². The minimum atomic E-state index is -0.350. The highest BCUT2D eigenvalue weighted by molar-refractivity contribution is 7.15. The van der Waals surface area contributed by atoms with Crippen molar-refractivity contribution in [3.05, 3.63) is 35.1 Å². The molecule has 2 rings (SSSR count). The van der Waals surface area contributed by atoms with Crippen molar-refractivity contribution in [2.24, 2.45) is 0 Å². The second-order valence-electron chi connectivity index (χ2n) is 4.39. The number of hydrogen-bond donors (Lipinski definition) is 1. The zero-order valence-corrected chi connectivity index (χ0v) is 11.9. The summed E-state index contributed by atoms with van der Waals surface area (Å²) in [5.74, 6) is 0.0213. The molecule has 0 spiro atoms. The molecule has 7 heteroatoms. The van der Waals surface area contributed by atoms with Crippen molar-refractivity contribution in [1.29, 1.82) is 0 Å². The Morgan fingerprint density at radius 1 is 1.35 bits per heavy atom. The number of nitrogens with zero attached hydrogens (tertiary/aromatic N) is 2. The first-order valence-corrected chi connectivity index (χ1v) is 6.88. The largest absolute Gasteiger partial charge is 0.484 e. The highest BCUT2D eigenvalue weighted by Crippen LogP contribution is 2.22. The summed E-state index contributed by atoms with van der Waals surface area (Å²) in [6.45, 7) is 3.84. The van der Waals surface area contributed by atoms with Gasteiger partial charge in [-0.2, -0.15) is 0 Å². The fraction of sp³-hybridized carbons (Fsp3) is 0.308. The van der Waals surface area contributed by atoms with Crippen LogP contribution in [0.5, 0.6) is 5.75 Å². The molecule has 1 N–H and O–H groups in total. The maximum Gasteiger partial charge on any atom is 0.264 e. The number of carbonyl (C=O) groups is 1. The highest BCUT2D eigenvalue weighted by Gasteiger charge is 2.10. The van der Waals surface area contributed by atoms with Gasteiger partial charge in [0.25, 0.3) is 5.91 Å². The molecule has 0 saturated heterocycles. The monoisotopic (exact) mass is 295 g/mol. The van der Waals surface area contributed by atoms with Gasteiger partial charge in [0.15, 0.2) is 6.61 Å². The number of carbonyl (C=O) groups excluding carboxylic acids is 1. The number of ether oxygens (including phenoxy) is 1. The summed E-state index contributed by atoms with van der Waals surface area (Å²) < 4.78 is 17.9. The number of benzene rings is 1. The number of halogens is 1. The van der Waals surface area contributed by atoms with Crippen LogP contribution >= 0.6 is 11.3 Å². The molecule has 1 heterocycles. The summed E-state index contributed by atoms with van der Waals surface area (Å²) >= 11 is 1.33. The van der Waals surface area contributed by atoms with E-state index in [4.69, 9.17) is 4.74 Å². The number of anilines is 1. The van der Waals surface area contributed by atoms with Crippen LogP contribution < -0.4 is 10.1 Å². The summed E-state index contributed by atoms with van der Waals surface area (Å²) in [5.41, 5.74) is 0. The quantitative estimate of drug-likeness (QED) is 0.921. The Kier molecular flexibility index (Phi) is 4.62. The molecule has 0 fully saturated rings. The van der Waals surface area contributed by atoms with Gasteiger partial charge in [0.1, 0.15) is 16.6 Å². The highest BCUT2D eigenvalue weighted by atomic mass is 32.1. The molecule has 1 amide bonds. The van der Waals surface area contributed by atoms with Crippen LogP contribution in [0.15, 0.2) is 24.3 Å². The second kappa shape index (κ2) is 6.42. The second-order valence-corrected chi connectivity index (χ2v) is 5.40. The zero-order chi connectivity index (χ0) is 14.5. The average Bonchev–Trinajstić information content (AvgIpc) is 2.87. The van der Waals surface area contributed by atoms with Gasteiger partial charge in [0.2, 0.25) is 5.13 Å². The Morgan fingerprint density at radius 2 is 2.05 bits per heavy atom. The van der Waals surface area contributed by atoms with Crippen LogP contribution in [-0.4, -0.2) is 22.7 Å². The van der Waals surface area contributed by atoms with E-state index >= 15 is 0 Å². The van der Waals surface area contributed by atoms with Crippen molar-refractivity contribution in [2.75, 3.05) is 11.9 Å². The van der Waals surface area contributed by atoms with E-state index in [-0.39, 0.29) is 24.2 Å². The predicted octanol–water partition coefficient (Wildman–Crippen LogP) is 2.82. The van der Waals surface area contributed by atoms with Crippen molar-refractivity contribution in [3.63, 3.8) is 0 Å². The summed E-state index contributed by atoms with van der Waals surface area (Å²) in [6.07, 6.45) is 0. The van der Waals surface area contributed by atoms with Gasteiger partial charge in [-0.05, 0) is 24.3 Å². The summed E-state index contributed by atoms with van der Waals surface area (Å²) in [7, 11) is 0. The first-order valence-electron chi connectivity index (χ1n) is 6.06. The minimum absolute atomic E-state index is 0.164. The van der Waals surface area contributed by atoms with E-state index in [0.29, 0.717) is 10.9 Å². The molecule has 0 aliphatic heterocycles. The summed E-state index contributed by atoms with van der Waals surface area (Å²) in [4.78, 5) is 11.7. The number of rotatable bonds is 5. The van der Waals surface area contributed by atoms with E-state index in [1.54, 1.807) is 0 Å². The first-order chi connectivity index (χ1) is 9.54. The average molecular weight is 295 g/mol. The van der Waals surface area contributed by atoms with Crippen LogP contribution in [0.25, 0.3) is 0 Å². The lowest BCUT2D eigenvalue weighted by atomic mass is 10.2. The Morgan fingerprint density at radius 3 is 2.65 bits per heavy atom. The normalized spacial score (nSPS) is 10.6. The molecule has 0 bridgehead atoms. The number of nitrogens with one attached hydrogen (secondary N) is 1. The summed E-state index contributed by atoms with van der Waals surface area (Å²) in [5, 5.41) is 11.8. The molecule has 106 valence electrons. The molecule has 0 saturated carbocycles. The lowest BCUT2D eigenvalue weighted by molar-refractivity contribution is -0.118. The Hall–Kier alpha value is -2.02. The molecular formula is C13H14FN3O2S. The van der Waals surface area contributed by atoms with Gasteiger partial charge in [0.05, 0.1) is 0 Å². The molecule has 1 aromatic carbocycles. The fourth-order valence-corrected chi connectivity index (χ4v) is 2.12. The van der Waals surface area contributed by atoms with Gasteiger partial charge in [-0.25, -0.2) is 4.39 Å². The van der Waals surface area contributed by atoms with Crippen LogP contribution in [0.1, 0.15) is 24.8 Å². The molecule has 0 aliphatic rings. The van der Waals surface area contributed by atoms with Crippen LogP contribution in [0.3, 0.4) is 0 Å². The molecule has 0 radical (unpaired) electrons. The van der Waals surface area contributed by atoms with E-state index in [1.807, 2.05) is 13.8 Å². The lowest BCUT2D eigenvalue weighted by Crippen LogP contribution is -2.20. The maximum absolute atomic E-state index is 12.7. The van der Waals surface area contributed by atoms with Crippen LogP contribution in [0, 0.1) is 5.82 Å². The molecule has 0 aliphatic carbocycles. The maximum atomic E-state index is 12.7. The van der Waals surface area contributed by atoms with Crippen molar-refractivity contribution in [2.45, 2.75) is 19.8 Å². The third kappa shape index (κ3) is 3.99. The smallest absolute Gasteiger partial charge is 0.264 e. The van der Waals surface area contributed by atoms with Crippen LogP contribution in [-0.2, 0) is 4.79 Å². The van der Waals surface area contributed by atoms with E-state index in [1.165, 1.54) is 35.6 Å². The third-order valence-corrected chi connectivity index (χ3v) is 3.50. The first kappa shape index (κ1) is 14.4. The number of amides is 1. The lowest BCUT2D eigenvalue weighted by Gasteiger charge is -2.05. The van der Waals surface area contributed by atoms with E-state index in [9.17, 15) is 9.18 Å². The van der Waals surface area contributed by atoms with E-state index in [0.717, 1.165) is 5.01 Å². The fourth-order valence-electron chi connectivity index (χ4n) is 1.35. The standard InChI is InChI=1S/C13H14FN3O2S/c1-8(2)12-16-17-13(20-12)15-11(18)7-19-10-5-3-9(14)4-6-10/h3-6,8H,7H2,1-2H3,(H,15,17,18). The van der Waals surface area contributed by atoms with Gasteiger partial charge in [0, 0.05) is 5.92 Å². The van der Waals surface area contributed by atoms with Crippen LogP contribution in [0.2, 0.25) is 0 Å². The molecule has 5 nitrogen and oxygen atoms in total. The van der Waals surface area contributed by atoms with E-state index in [2.05, 4.69) is 15.5 Å². The van der Waals surface area contributed by atoms with Crippen molar-refractivity contribution < 1.29 is 13.9 Å². The SMILES string of the molecule is CC(C)c1nnc(NC(=O)COc2ccc(F)cc2)s1. The van der Waals surface area contributed by atoms with E-state index < -0.39 is 0 Å². The Labute approximate surface area is 119 Å². The van der Waals surface area contributed by atoms with Crippen molar-refractivity contribution in [1.82, 2.24) is 10.2 Å². The van der Waals surface area contributed by atoms with Gasteiger partial charge in [-0.15, -0.1) is 10.2 Å². The summed E-state index contributed by atoms with van der Waals surface area (Å²) in [6, 6.07) is 5.47. The van der Waals surface area contributed by atoms with Gasteiger partial charge in [-0.3, -0.25) is 10.1 Å². The molecule has 2 aromatic rings. The molecule has 0 atom stereocenters. The molecule has 0 unspecified atom stereocenters. The number of hydrogen-bond acceptors (Lipinski definition) is 5. The molecular weight excluding hydrogens is 281 g/mol. The van der Waals surface area contributed by atoms with Crippen LogP contribution in [0.4, 0.5) is 9.52 Å². The Balaban J connectivity index is 1.84. The minimum Gasteiger partial charge on any atom is -0.484 e. The molecule has 20 heavy (non-hydrogen) atoms. The zero-order valence-electron chi connectivity index (χ0n) is 11.1. The molecule has 1 aromatic heterocycles. The van der Waals surface area contributed by atoms with Gasteiger partial charge >= 0.3 is 0 Å².